The molecule has 30 heavy (non-hydrogen) atoms. The van der Waals surface area contributed by atoms with E-state index < -0.39 is 5.92 Å². The fourth-order valence-electron chi connectivity index (χ4n) is 5.86. The third-order valence-electron chi connectivity index (χ3n) is 7.65. The molecule has 2 unspecified atom stereocenters. The number of hydrogen-bond acceptors (Lipinski definition) is 2. The summed E-state index contributed by atoms with van der Waals surface area (Å²) in [6.07, 6.45) is 14.0. The van der Waals surface area contributed by atoms with Gasteiger partial charge < -0.3 is 0 Å². The van der Waals surface area contributed by atoms with Gasteiger partial charge in [0, 0.05) is 17.9 Å². The van der Waals surface area contributed by atoms with E-state index in [2.05, 4.69) is 37.3 Å². The highest BCUT2D eigenvalue weighted by Gasteiger charge is 2.38. The van der Waals surface area contributed by atoms with E-state index in [1.54, 1.807) is 0 Å². The van der Waals surface area contributed by atoms with Crippen LogP contribution in [0.1, 0.15) is 82.3 Å². The van der Waals surface area contributed by atoms with Crippen LogP contribution in [0.5, 0.6) is 0 Å². The molecule has 0 amide bonds. The summed E-state index contributed by atoms with van der Waals surface area (Å²) in [5.74, 6) is 0.788. The smallest absolute Gasteiger partial charge is 0.169 e. The van der Waals surface area contributed by atoms with E-state index in [-0.39, 0.29) is 17.5 Å². The number of hydrogen-bond donors (Lipinski definition) is 0. The number of Topliss-reactive ketones (excluding diaryl/α,β-unsaturated/α-hetero) is 2. The number of carbonyl (C=O) groups excluding carboxylic acids is 2. The summed E-state index contributed by atoms with van der Waals surface area (Å²) in [6.45, 7) is 4.11. The summed E-state index contributed by atoms with van der Waals surface area (Å²) in [6, 6.07) is 8.77. The lowest BCUT2D eigenvalue weighted by Crippen LogP contribution is -2.29. The highest BCUT2D eigenvalue weighted by molar-refractivity contribution is 6.12. The second kappa shape index (κ2) is 9.45. The lowest BCUT2D eigenvalue weighted by Gasteiger charge is -2.33. The van der Waals surface area contributed by atoms with Gasteiger partial charge in [-0.05, 0) is 50.5 Å². The van der Waals surface area contributed by atoms with Crippen molar-refractivity contribution in [2.45, 2.75) is 84.5 Å². The number of aryl methyl sites for hydroxylation is 1. The van der Waals surface area contributed by atoms with Gasteiger partial charge in [0.25, 0.3) is 0 Å². The molecule has 160 valence electrons. The van der Waals surface area contributed by atoms with Crippen LogP contribution in [0.4, 0.5) is 0 Å². The normalized spacial score (nSPS) is 25.7. The summed E-state index contributed by atoms with van der Waals surface area (Å²) in [5.41, 5.74) is 6.29. The molecule has 1 aromatic carbocycles. The predicted molar refractivity (Wildman–Crippen MR) is 122 cm³/mol. The van der Waals surface area contributed by atoms with Gasteiger partial charge in [0.1, 0.15) is 5.78 Å². The molecule has 0 spiro atoms. The van der Waals surface area contributed by atoms with Gasteiger partial charge in [0.15, 0.2) is 5.78 Å². The van der Waals surface area contributed by atoms with Gasteiger partial charge in [0.05, 0.1) is 5.92 Å². The Morgan fingerprint density at radius 3 is 2.33 bits per heavy atom. The maximum absolute atomic E-state index is 13.6. The Morgan fingerprint density at radius 1 is 0.900 bits per heavy atom. The van der Waals surface area contributed by atoms with Crippen molar-refractivity contribution >= 4 is 11.6 Å². The Morgan fingerprint density at radius 2 is 1.63 bits per heavy atom. The van der Waals surface area contributed by atoms with E-state index in [1.165, 1.54) is 54.4 Å². The first-order valence-corrected chi connectivity index (χ1v) is 12.1. The average molecular weight is 405 g/mol. The molecule has 1 aromatic rings. The minimum absolute atomic E-state index is 0.140. The fraction of sp³-hybridized carbons (Fsp3) is 0.571. The second-order valence-corrected chi connectivity index (χ2v) is 9.74. The average Bonchev–Trinajstić information content (AvgIpc) is 2.88. The fourth-order valence-corrected chi connectivity index (χ4v) is 5.86. The molecule has 2 heteroatoms. The van der Waals surface area contributed by atoms with E-state index in [0.717, 1.165) is 37.2 Å². The van der Waals surface area contributed by atoms with Gasteiger partial charge in [-0.2, -0.15) is 0 Å². The van der Waals surface area contributed by atoms with Crippen LogP contribution in [0.3, 0.4) is 0 Å². The monoisotopic (exact) mass is 404 g/mol. The topological polar surface area (TPSA) is 34.1 Å². The summed E-state index contributed by atoms with van der Waals surface area (Å²) in [7, 11) is 0. The first kappa shape index (κ1) is 21.3. The first-order valence-electron chi connectivity index (χ1n) is 12.1. The van der Waals surface area contributed by atoms with Crippen LogP contribution in [0.25, 0.3) is 0 Å². The van der Waals surface area contributed by atoms with Crippen molar-refractivity contribution in [1.82, 2.24) is 0 Å². The SMILES string of the molecule is CCC1C(=O)CCC2=C(C1=O)C(Cc1ccc(C)cc1)C(CC1CCCCC1)=CC2. The molecule has 0 aliphatic heterocycles. The molecule has 1 saturated carbocycles. The van der Waals surface area contributed by atoms with Crippen LogP contribution in [0.15, 0.2) is 47.1 Å². The van der Waals surface area contributed by atoms with Crippen LogP contribution in [0.2, 0.25) is 0 Å². The lowest BCUT2D eigenvalue weighted by atomic mass is 9.71. The van der Waals surface area contributed by atoms with Gasteiger partial charge in [0.2, 0.25) is 0 Å². The Labute approximate surface area is 181 Å². The van der Waals surface area contributed by atoms with Crippen LogP contribution >= 0.6 is 0 Å². The highest BCUT2D eigenvalue weighted by Crippen LogP contribution is 2.43. The molecule has 0 saturated heterocycles. The summed E-state index contributed by atoms with van der Waals surface area (Å²) >= 11 is 0. The molecule has 0 bridgehead atoms. The van der Waals surface area contributed by atoms with E-state index in [4.69, 9.17) is 0 Å². The van der Waals surface area contributed by atoms with Gasteiger partial charge in [-0.15, -0.1) is 0 Å². The zero-order valence-electron chi connectivity index (χ0n) is 18.7. The summed E-state index contributed by atoms with van der Waals surface area (Å²) in [4.78, 5) is 26.2. The van der Waals surface area contributed by atoms with Crippen molar-refractivity contribution in [3.05, 3.63) is 58.2 Å². The molecule has 2 nitrogen and oxygen atoms in total. The van der Waals surface area contributed by atoms with E-state index in [9.17, 15) is 9.59 Å². The number of carbonyl (C=O) groups is 2. The summed E-state index contributed by atoms with van der Waals surface area (Å²) in [5, 5.41) is 0. The van der Waals surface area contributed by atoms with E-state index in [0.29, 0.717) is 12.8 Å². The Hall–Kier alpha value is -1.96. The lowest BCUT2D eigenvalue weighted by molar-refractivity contribution is -0.130. The van der Waals surface area contributed by atoms with Crippen molar-refractivity contribution in [2.75, 3.05) is 0 Å². The van der Waals surface area contributed by atoms with Crippen LogP contribution in [-0.2, 0) is 16.0 Å². The molecule has 4 rings (SSSR count). The molecular weight excluding hydrogens is 368 g/mol. The molecule has 3 aliphatic rings. The maximum Gasteiger partial charge on any atom is 0.169 e. The van der Waals surface area contributed by atoms with E-state index in [1.807, 2.05) is 6.92 Å². The van der Waals surface area contributed by atoms with Crippen molar-refractivity contribution in [3.8, 4) is 0 Å². The maximum atomic E-state index is 13.6. The number of allylic oxidation sites excluding steroid dienone is 4. The second-order valence-electron chi connectivity index (χ2n) is 9.74. The third kappa shape index (κ3) is 4.53. The van der Waals surface area contributed by atoms with E-state index >= 15 is 0 Å². The molecule has 2 atom stereocenters. The Kier molecular flexibility index (Phi) is 6.71. The Balaban J connectivity index is 1.67. The van der Waals surface area contributed by atoms with Gasteiger partial charge in [-0.3, -0.25) is 9.59 Å². The Bertz CT molecular complexity index is 849. The van der Waals surface area contributed by atoms with Gasteiger partial charge in [-0.25, -0.2) is 0 Å². The third-order valence-corrected chi connectivity index (χ3v) is 7.65. The number of benzene rings is 1. The van der Waals surface area contributed by atoms with Gasteiger partial charge >= 0.3 is 0 Å². The summed E-state index contributed by atoms with van der Waals surface area (Å²) < 4.78 is 0. The van der Waals surface area contributed by atoms with Crippen LogP contribution in [-0.4, -0.2) is 11.6 Å². The molecular formula is C28H36O2. The van der Waals surface area contributed by atoms with Crippen molar-refractivity contribution in [2.24, 2.45) is 17.8 Å². The van der Waals surface area contributed by atoms with Crippen molar-refractivity contribution in [3.63, 3.8) is 0 Å². The molecule has 0 aromatic heterocycles. The minimum Gasteiger partial charge on any atom is -0.299 e. The van der Waals surface area contributed by atoms with Gasteiger partial charge in [-0.1, -0.05) is 86.1 Å². The standard InChI is InChI=1S/C28H36O2/c1-3-24-26(29)16-15-22-13-14-23(17-20-7-5-4-6-8-20)25(27(22)28(24)30)18-21-11-9-19(2)10-12-21/h9-12,14,20,24-25H,3-8,13,15-18H2,1-2H3. The molecule has 1 fully saturated rings. The minimum atomic E-state index is -0.424. The van der Waals surface area contributed by atoms with Crippen LogP contribution < -0.4 is 0 Å². The van der Waals surface area contributed by atoms with Crippen molar-refractivity contribution in [1.29, 1.82) is 0 Å². The zero-order valence-corrected chi connectivity index (χ0v) is 18.7. The van der Waals surface area contributed by atoms with Crippen LogP contribution in [0, 0.1) is 24.7 Å². The molecule has 0 heterocycles. The quantitative estimate of drug-likeness (QED) is 0.404. The molecule has 0 radical (unpaired) electrons. The predicted octanol–water partition coefficient (Wildman–Crippen LogP) is 6.71. The van der Waals surface area contributed by atoms with Crippen molar-refractivity contribution < 1.29 is 9.59 Å². The highest BCUT2D eigenvalue weighted by atomic mass is 16.2. The number of rotatable bonds is 5. The zero-order chi connectivity index (χ0) is 21.1. The molecule has 3 aliphatic carbocycles. The first-order chi connectivity index (χ1) is 14.6. The number of ketones is 2. The molecule has 0 N–H and O–H groups in total. The largest absolute Gasteiger partial charge is 0.299 e.